The van der Waals surface area contributed by atoms with E-state index in [0.717, 1.165) is 19.4 Å². The molecule has 0 saturated carbocycles. The lowest BCUT2D eigenvalue weighted by Gasteiger charge is -2.15. The molecule has 2 heteroatoms. The second kappa shape index (κ2) is 5.62. The highest BCUT2D eigenvalue weighted by Gasteiger charge is 2.15. The van der Waals surface area contributed by atoms with Crippen LogP contribution in [-0.4, -0.2) is 12.6 Å². The Hall–Kier alpha value is -0.990. The highest BCUT2D eigenvalue weighted by atomic mass is 14.9. The molecule has 0 aromatic heterocycles. The summed E-state index contributed by atoms with van der Waals surface area (Å²) in [5, 5.41) is 11.9. The van der Waals surface area contributed by atoms with Crippen molar-refractivity contribution in [2.45, 2.75) is 39.7 Å². The van der Waals surface area contributed by atoms with E-state index in [1.54, 1.807) is 0 Å². The first-order chi connectivity index (χ1) is 6.02. The summed E-state index contributed by atoms with van der Waals surface area (Å²) < 4.78 is 0. The molecular formula is C11H18N2. The zero-order chi connectivity index (χ0) is 10.3. The predicted molar refractivity (Wildman–Crippen MR) is 54.9 cm³/mol. The number of rotatable bonds is 5. The Morgan fingerprint density at radius 1 is 1.54 bits per heavy atom. The van der Waals surface area contributed by atoms with Gasteiger partial charge in [0.15, 0.2) is 0 Å². The molecule has 0 rings (SSSR count). The maximum Gasteiger partial charge on any atom is 0.0683 e. The number of terminal acetylenes is 1. The van der Waals surface area contributed by atoms with Gasteiger partial charge in [0, 0.05) is 0 Å². The Morgan fingerprint density at radius 2 is 2.15 bits per heavy atom. The van der Waals surface area contributed by atoms with Gasteiger partial charge in [0.1, 0.15) is 0 Å². The Balaban J connectivity index is 3.49. The van der Waals surface area contributed by atoms with E-state index >= 15 is 0 Å². The van der Waals surface area contributed by atoms with Gasteiger partial charge in [0.2, 0.25) is 0 Å². The van der Waals surface area contributed by atoms with Crippen LogP contribution in [0.5, 0.6) is 0 Å². The van der Waals surface area contributed by atoms with Gasteiger partial charge in [-0.05, 0) is 40.2 Å². The molecule has 0 fully saturated rings. The van der Waals surface area contributed by atoms with Crippen molar-refractivity contribution in [2.75, 3.05) is 6.54 Å². The third-order valence-corrected chi connectivity index (χ3v) is 1.98. The number of nitriles is 1. The molecule has 0 heterocycles. The van der Waals surface area contributed by atoms with E-state index in [0.29, 0.717) is 0 Å². The molecule has 0 aliphatic carbocycles. The first-order valence-corrected chi connectivity index (χ1v) is 4.62. The van der Waals surface area contributed by atoms with Crippen LogP contribution in [0.3, 0.4) is 0 Å². The standard InChI is InChI=1S/C11H18N2/c1-5-10(2)13-8-6-7-11(3,4)9-12/h1,10,13H,6-8H2,2-4H3. The highest BCUT2D eigenvalue weighted by Crippen LogP contribution is 2.19. The van der Waals surface area contributed by atoms with E-state index in [1.807, 2.05) is 20.8 Å². The molecule has 1 N–H and O–H groups in total. The molecule has 0 aromatic carbocycles. The second-order valence-corrected chi connectivity index (χ2v) is 3.94. The summed E-state index contributed by atoms with van der Waals surface area (Å²) in [6.07, 6.45) is 7.10. The van der Waals surface area contributed by atoms with Crippen molar-refractivity contribution in [3.63, 3.8) is 0 Å². The molecule has 0 saturated heterocycles. The van der Waals surface area contributed by atoms with Crippen LogP contribution in [0.25, 0.3) is 0 Å². The number of nitrogens with one attached hydrogen (secondary N) is 1. The van der Waals surface area contributed by atoms with Gasteiger partial charge in [-0.2, -0.15) is 5.26 Å². The van der Waals surface area contributed by atoms with Crippen LogP contribution in [-0.2, 0) is 0 Å². The SMILES string of the molecule is C#CC(C)NCCCC(C)(C)C#N. The van der Waals surface area contributed by atoms with E-state index in [-0.39, 0.29) is 11.5 Å². The predicted octanol–water partition coefficient (Wildman–Crippen LogP) is 1.93. The third kappa shape index (κ3) is 6.20. The highest BCUT2D eigenvalue weighted by molar-refractivity contribution is 4.96. The van der Waals surface area contributed by atoms with Crippen molar-refractivity contribution in [3.8, 4) is 18.4 Å². The Bertz CT molecular complexity index is 217. The smallest absolute Gasteiger partial charge is 0.0683 e. The molecule has 72 valence electrons. The maximum absolute atomic E-state index is 8.75. The molecule has 13 heavy (non-hydrogen) atoms. The van der Waals surface area contributed by atoms with Crippen molar-refractivity contribution in [2.24, 2.45) is 5.41 Å². The van der Waals surface area contributed by atoms with Crippen molar-refractivity contribution < 1.29 is 0 Å². The van der Waals surface area contributed by atoms with Crippen molar-refractivity contribution >= 4 is 0 Å². The molecule has 1 atom stereocenters. The largest absolute Gasteiger partial charge is 0.304 e. The minimum atomic E-state index is -0.207. The minimum Gasteiger partial charge on any atom is -0.304 e. The number of hydrogen-bond acceptors (Lipinski definition) is 2. The van der Waals surface area contributed by atoms with Gasteiger partial charge < -0.3 is 5.32 Å². The van der Waals surface area contributed by atoms with Gasteiger partial charge in [-0.15, -0.1) is 6.42 Å². The summed E-state index contributed by atoms with van der Waals surface area (Å²) in [6.45, 7) is 6.75. The molecule has 0 aromatic rings. The molecule has 0 radical (unpaired) electrons. The zero-order valence-corrected chi connectivity index (χ0v) is 8.72. The fraction of sp³-hybridized carbons (Fsp3) is 0.727. The van der Waals surface area contributed by atoms with Crippen molar-refractivity contribution in [1.29, 1.82) is 5.26 Å². The van der Waals surface area contributed by atoms with Crippen molar-refractivity contribution in [3.05, 3.63) is 0 Å². The average Bonchev–Trinajstić information content (AvgIpc) is 2.12. The summed E-state index contributed by atoms with van der Waals surface area (Å²) in [6, 6.07) is 2.41. The summed E-state index contributed by atoms with van der Waals surface area (Å²) in [7, 11) is 0. The normalized spacial score (nSPS) is 13.0. The summed E-state index contributed by atoms with van der Waals surface area (Å²) in [5.74, 6) is 2.60. The van der Waals surface area contributed by atoms with E-state index < -0.39 is 0 Å². The minimum absolute atomic E-state index is 0.130. The molecular weight excluding hydrogens is 160 g/mol. The fourth-order valence-corrected chi connectivity index (χ4v) is 0.964. The van der Waals surface area contributed by atoms with Gasteiger partial charge in [0.05, 0.1) is 17.5 Å². The van der Waals surface area contributed by atoms with E-state index in [1.165, 1.54) is 0 Å². The van der Waals surface area contributed by atoms with Crippen LogP contribution in [0.2, 0.25) is 0 Å². The first-order valence-electron chi connectivity index (χ1n) is 4.62. The molecule has 0 aliphatic heterocycles. The summed E-state index contributed by atoms with van der Waals surface area (Å²) >= 11 is 0. The third-order valence-electron chi connectivity index (χ3n) is 1.98. The van der Waals surface area contributed by atoms with Gasteiger partial charge in [-0.3, -0.25) is 0 Å². The topological polar surface area (TPSA) is 35.8 Å². The average molecular weight is 178 g/mol. The number of nitrogens with zero attached hydrogens (tertiary/aromatic N) is 1. The monoisotopic (exact) mass is 178 g/mol. The summed E-state index contributed by atoms with van der Waals surface area (Å²) in [5.41, 5.74) is -0.207. The second-order valence-electron chi connectivity index (χ2n) is 3.94. The molecule has 0 amide bonds. The Morgan fingerprint density at radius 3 is 2.62 bits per heavy atom. The van der Waals surface area contributed by atoms with Crippen molar-refractivity contribution in [1.82, 2.24) is 5.32 Å². The van der Waals surface area contributed by atoms with E-state index in [4.69, 9.17) is 11.7 Å². The Labute approximate surface area is 81.3 Å². The van der Waals surface area contributed by atoms with E-state index in [2.05, 4.69) is 17.3 Å². The van der Waals surface area contributed by atoms with Gasteiger partial charge in [-0.25, -0.2) is 0 Å². The Kier molecular flexibility index (Phi) is 5.19. The van der Waals surface area contributed by atoms with Crippen LogP contribution in [0.4, 0.5) is 0 Å². The lowest BCUT2D eigenvalue weighted by Crippen LogP contribution is -2.26. The molecule has 2 nitrogen and oxygen atoms in total. The van der Waals surface area contributed by atoms with Crippen LogP contribution < -0.4 is 5.32 Å². The maximum atomic E-state index is 8.75. The molecule has 0 aliphatic rings. The lowest BCUT2D eigenvalue weighted by atomic mass is 9.90. The van der Waals surface area contributed by atoms with Crippen LogP contribution >= 0.6 is 0 Å². The van der Waals surface area contributed by atoms with Crippen LogP contribution in [0, 0.1) is 29.1 Å². The quantitative estimate of drug-likeness (QED) is 0.516. The molecule has 0 spiro atoms. The fourth-order valence-electron chi connectivity index (χ4n) is 0.964. The molecule has 0 bridgehead atoms. The van der Waals surface area contributed by atoms with E-state index in [9.17, 15) is 0 Å². The van der Waals surface area contributed by atoms with Gasteiger partial charge in [-0.1, -0.05) is 5.92 Å². The number of hydrogen-bond donors (Lipinski definition) is 1. The lowest BCUT2D eigenvalue weighted by molar-refractivity contribution is 0.423. The first kappa shape index (κ1) is 12.0. The van der Waals surface area contributed by atoms with Crippen LogP contribution in [0.1, 0.15) is 33.6 Å². The van der Waals surface area contributed by atoms with Gasteiger partial charge >= 0.3 is 0 Å². The zero-order valence-electron chi connectivity index (χ0n) is 8.72. The summed E-state index contributed by atoms with van der Waals surface area (Å²) in [4.78, 5) is 0. The van der Waals surface area contributed by atoms with Crippen LogP contribution in [0.15, 0.2) is 0 Å². The van der Waals surface area contributed by atoms with Gasteiger partial charge in [0.25, 0.3) is 0 Å². The molecule has 1 unspecified atom stereocenters.